The molecular weight excluding hydrogens is 1470 g/mol. The Morgan fingerprint density at radius 2 is 0.938 bits per heavy atom. The summed E-state index contributed by atoms with van der Waals surface area (Å²) in [5, 5.41) is 65.6. The van der Waals surface area contributed by atoms with Gasteiger partial charge < -0.3 is 104 Å². The number of nitrogens with one attached hydrogen (secondary N) is 12. The number of nitrogens with zero attached hydrogens (tertiary/aromatic N) is 4. The van der Waals surface area contributed by atoms with Gasteiger partial charge in [0.15, 0.2) is 0 Å². The topological polar surface area (TPSA) is 526 Å². The molecule has 20 N–H and O–H groups in total. The average molecular weight is 1560 g/mol. The minimum Gasteiger partial charge on any atom is -0.508 e. The van der Waals surface area contributed by atoms with Gasteiger partial charge in [0.05, 0.1) is 43.3 Å². The van der Waals surface area contributed by atoms with Crippen molar-refractivity contribution in [2.75, 3.05) is 44.9 Å². The first-order chi connectivity index (χ1) is 54.0. The third-order valence-corrected chi connectivity index (χ3v) is 20.2. The molecule has 2 fully saturated rings. The molecule has 11 amide bonds. The van der Waals surface area contributed by atoms with Gasteiger partial charge in [-0.15, -0.1) is 0 Å². The molecule has 0 spiro atoms. The molecule has 3 aromatic heterocycles. The SMILES string of the molecule is CSCC[C@H](NC(=O)[C@H](CO)NC(=O)[C@@H]1CCCN1C(=O)[C@H](Cc1ccccc1)NC(=O)[C@H](Cc1c[nH]c2ccccc12)NC(=O)[C@H](CCCCN)NC(=O)[C@H](Cc1c[nH]cn1)NC(=O)[C@H](Cc1ccccc1)NC(=O)[C@@H]1CCCN1C(=O)[C@H](CO)NC(=O)[C@@H](N)Cc1ccc(O)cc1)C(=O)N[C@@H](Cc1c[nH]cn1)C(=O)O. The molecule has 0 aliphatic carbocycles. The number of carboxylic acid groups (broad SMARTS) is 1. The van der Waals surface area contributed by atoms with Crippen molar-refractivity contribution in [2.45, 2.75) is 162 Å². The number of fused-ring (bicyclic) bond motifs is 1. The van der Waals surface area contributed by atoms with Gasteiger partial charge in [0.25, 0.3) is 0 Å². The quantitative estimate of drug-likeness (QED) is 0.0198. The van der Waals surface area contributed by atoms with Gasteiger partial charge in [-0.2, -0.15) is 11.8 Å². The molecule has 0 saturated carbocycles. The summed E-state index contributed by atoms with van der Waals surface area (Å²) in [7, 11) is 0. The number of phenols is 1. The molecule has 12 atom stereocenters. The van der Waals surface area contributed by atoms with E-state index in [4.69, 9.17) is 11.5 Å². The highest BCUT2D eigenvalue weighted by Crippen LogP contribution is 2.25. The Bertz CT molecular complexity index is 4310. The first-order valence-corrected chi connectivity index (χ1v) is 38.5. The highest BCUT2D eigenvalue weighted by Gasteiger charge is 2.43. The number of hydrogen-bond acceptors (Lipinski definition) is 20. The summed E-state index contributed by atoms with van der Waals surface area (Å²) in [5.41, 5.74) is 15.9. The Kier molecular flexibility index (Phi) is 31.7. The van der Waals surface area contributed by atoms with Crippen LogP contribution in [0.3, 0.4) is 0 Å². The number of carbonyl (C=O) groups is 12. The number of imidazole rings is 2. The normalized spacial score (nSPS) is 16.7. The third kappa shape index (κ3) is 24.0. The molecule has 35 heteroatoms. The predicted molar refractivity (Wildman–Crippen MR) is 411 cm³/mol. The molecule has 2 aliphatic heterocycles. The van der Waals surface area contributed by atoms with Gasteiger partial charge in [0.2, 0.25) is 65.0 Å². The number of aromatic hydroxyl groups is 1. The fourth-order valence-corrected chi connectivity index (χ4v) is 14.0. The number of phenolic OH excluding ortho intramolecular Hbond substituents is 1. The maximum atomic E-state index is 15.4. The van der Waals surface area contributed by atoms with E-state index in [1.807, 2.05) is 12.1 Å². The van der Waals surface area contributed by atoms with Gasteiger partial charge in [0.1, 0.15) is 72.2 Å². The lowest BCUT2D eigenvalue weighted by Crippen LogP contribution is -2.61. The number of likely N-dealkylation sites (tertiary alicyclic amines) is 2. The lowest BCUT2D eigenvalue weighted by Gasteiger charge is -2.31. The Morgan fingerprint density at radius 3 is 1.47 bits per heavy atom. The summed E-state index contributed by atoms with van der Waals surface area (Å²) in [4.78, 5) is 192. The number of amides is 11. The summed E-state index contributed by atoms with van der Waals surface area (Å²) >= 11 is 1.35. The zero-order valence-corrected chi connectivity index (χ0v) is 62.7. The minimum absolute atomic E-state index is 0.0109. The minimum atomic E-state index is -1.66. The molecule has 9 rings (SSSR count). The highest BCUT2D eigenvalue weighted by molar-refractivity contribution is 7.98. The van der Waals surface area contributed by atoms with E-state index in [1.165, 1.54) is 58.7 Å². The number of aliphatic hydroxyl groups is 2. The molecule has 7 aromatic rings. The van der Waals surface area contributed by atoms with Crippen LogP contribution in [0.2, 0.25) is 0 Å². The van der Waals surface area contributed by atoms with Crippen LogP contribution in [0.25, 0.3) is 10.9 Å². The van der Waals surface area contributed by atoms with Crippen LogP contribution < -0.4 is 59.3 Å². The van der Waals surface area contributed by atoms with E-state index >= 15 is 19.2 Å². The predicted octanol–water partition coefficient (Wildman–Crippen LogP) is -1.30. The lowest BCUT2D eigenvalue weighted by atomic mass is 10.0. The second-order valence-electron chi connectivity index (χ2n) is 27.6. The molecule has 4 aromatic carbocycles. The number of benzene rings is 4. The number of para-hydroxylation sites is 1. The summed E-state index contributed by atoms with van der Waals surface area (Å²) < 4.78 is 0. The fourth-order valence-electron chi connectivity index (χ4n) is 13.6. The number of nitrogens with two attached hydrogens (primary N) is 2. The average Bonchev–Trinajstić information content (AvgIpc) is 1.63. The van der Waals surface area contributed by atoms with Crippen LogP contribution in [0.15, 0.2) is 140 Å². The number of aromatic amines is 3. The maximum Gasteiger partial charge on any atom is 0.326 e. The van der Waals surface area contributed by atoms with Crippen molar-refractivity contribution in [3.63, 3.8) is 0 Å². The van der Waals surface area contributed by atoms with Crippen molar-refractivity contribution >= 4 is 93.6 Å². The Hall–Kier alpha value is -11.5. The number of hydrogen-bond donors (Lipinski definition) is 18. The van der Waals surface area contributed by atoms with Gasteiger partial charge in [0, 0.05) is 74.7 Å². The summed E-state index contributed by atoms with van der Waals surface area (Å²) in [6.45, 7) is -1.53. The van der Waals surface area contributed by atoms with Gasteiger partial charge in [-0.1, -0.05) is 91.0 Å². The fraction of sp³-hybridized carbons (Fsp3) is 0.429. The third-order valence-electron chi connectivity index (χ3n) is 19.6. The van der Waals surface area contributed by atoms with Crippen LogP contribution in [0.4, 0.5) is 0 Å². The van der Waals surface area contributed by atoms with E-state index in [2.05, 4.69) is 72.8 Å². The van der Waals surface area contributed by atoms with E-state index in [0.717, 1.165) is 0 Å². The molecule has 112 heavy (non-hydrogen) atoms. The van der Waals surface area contributed by atoms with Crippen LogP contribution in [0, 0.1) is 0 Å². The van der Waals surface area contributed by atoms with Crippen LogP contribution >= 0.6 is 11.8 Å². The van der Waals surface area contributed by atoms with Gasteiger partial charge in [-0.05, 0) is 117 Å². The van der Waals surface area contributed by atoms with Crippen molar-refractivity contribution in [3.05, 3.63) is 174 Å². The smallest absolute Gasteiger partial charge is 0.326 e. The maximum absolute atomic E-state index is 15.4. The zero-order valence-electron chi connectivity index (χ0n) is 61.9. The van der Waals surface area contributed by atoms with Crippen LogP contribution in [0.1, 0.15) is 85.0 Å². The van der Waals surface area contributed by atoms with E-state index in [-0.39, 0.29) is 96.0 Å². The molecule has 0 bridgehead atoms. The number of aliphatic hydroxyl groups excluding tert-OH is 2. The van der Waals surface area contributed by atoms with E-state index in [9.17, 15) is 58.8 Å². The number of aliphatic carboxylic acids is 1. The standard InChI is InChI=1S/C77H98N18O16S/c1-112-31-27-56(68(101)91-61(77(110)111)37-50-40-81-44-84-50)86-72(105)62(41-96)92-74(107)65-22-12-29-94(65)75(108)60(34-46-16-6-3-7-17-46)90-70(103)58(35-48-38-82-54-19-9-8-18-52(48)54)87-67(100)55(20-10-11-28-78)85-71(104)59(36-49-39-80-43-83-49)88-69(102)57(33-45-14-4-2-5-15-45)89-73(106)64-21-13-30-95(64)76(109)63(42-97)93-66(99)53(79)32-47-23-25-51(98)26-24-47/h2-9,14-19,23-26,38-40,43-44,53,55-65,82,96-98H,10-13,20-22,27-37,41-42,78-79H2,1H3,(H,80,83)(H,81,84)(H,85,104)(H,86,105)(H,87,100)(H,88,102)(H,89,106)(H,90,103)(H,91,101)(H,92,107)(H,93,99)(H,110,111)/t53-,55-,56-,57-,58-,59-,60-,61-,62-,63-,64-,65-/m0/s1. The van der Waals surface area contributed by atoms with Crippen LogP contribution in [-0.4, -0.2) is 243 Å². The second-order valence-corrected chi connectivity index (χ2v) is 28.6. The van der Waals surface area contributed by atoms with Crippen molar-refractivity contribution in [3.8, 4) is 5.75 Å². The van der Waals surface area contributed by atoms with E-state index in [0.29, 0.717) is 69.6 Å². The molecule has 5 heterocycles. The first kappa shape index (κ1) is 84.5. The second kappa shape index (κ2) is 42.0. The Morgan fingerprint density at radius 1 is 0.491 bits per heavy atom. The van der Waals surface area contributed by atoms with Crippen LogP contribution in [-0.2, 0) is 96.1 Å². The van der Waals surface area contributed by atoms with Crippen molar-refractivity contribution in [2.24, 2.45) is 11.5 Å². The molecule has 0 radical (unpaired) electrons. The molecule has 0 unspecified atom stereocenters. The number of aromatic nitrogens is 5. The Balaban J connectivity index is 0.927. The van der Waals surface area contributed by atoms with Gasteiger partial charge in [-0.3, -0.25) is 52.7 Å². The molecule has 598 valence electrons. The zero-order chi connectivity index (χ0) is 80.2. The first-order valence-electron chi connectivity index (χ1n) is 37.1. The van der Waals surface area contributed by atoms with Gasteiger partial charge >= 0.3 is 5.97 Å². The number of rotatable bonds is 42. The summed E-state index contributed by atoms with van der Waals surface area (Å²) in [6.07, 6.45) is 9.80. The number of H-pyrrole nitrogens is 3. The highest BCUT2D eigenvalue weighted by atomic mass is 32.2. The number of thioether (sulfide) groups is 1. The molecule has 34 nitrogen and oxygen atoms in total. The molecule has 2 aliphatic rings. The number of carboxylic acids is 1. The van der Waals surface area contributed by atoms with Crippen molar-refractivity contribution < 1.29 is 78.0 Å². The molecule has 2 saturated heterocycles. The largest absolute Gasteiger partial charge is 0.508 e. The van der Waals surface area contributed by atoms with Crippen molar-refractivity contribution in [1.82, 2.24) is 82.6 Å². The molecular formula is C77H98N18O16S. The van der Waals surface area contributed by atoms with Crippen LogP contribution in [0.5, 0.6) is 5.75 Å². The summed E-state index contributed by atoms with van der Waals surface area (Å²) in [5.74, 6) is -10.1. The monoisotopic (exact) mass is 1560 g/mol. The number of carbonyl (C=O) groups excluding carboxylic acids is 11. The van der Waals surface area contributed by atoms with E-state index in [1.54, 1.807) is 97.4 Å². The van der Waals surface area contributed by atoms with Gasteiger partial charge in [-0.25, -0.2) is 14.8 Å². The number of unbranched alkanes of at least 4 members (excludes halogenated alkanes) is 1. The van der Waals surface area contributed by atoms with Crippen molar-refractivity contribution in [1.29, 1.82) is 0 Å². The van der Waals surface area contributed by atoms with E-state index < -0.39 is 157 Å². The Labute approximate surface area is 649 Å². The summed E-state index contributed by atoms with van der Waals surface area (Å²) in [6, 6.07) is 13.8. The lowest BCUT2D eigenvalue weighted by molar-refractivity contribution is -0.143.